The van der Waals surface area contributed by atoms with Crippen molar-refractivity contribution in [1.29, 1.82) is 0 Å². The Balaban J connectivity index is 1.88. The van der Waals surface area contributed by atoms with E-state index in [0.717, 1.165) is 0 Å². The normalized spacial score (nSPS) is 35.2. The van der Waals surface area contributed by atoms with Crippen LogP contribution in [0.1, 0.15) is 45.4 Å². The molecular formula is C13H25NO3S. The Morgan fingerprint density at radius 1 is 1.11 bits per heavy atom. The van der Waals surface area contributed by atoms with Gasteiger partial charge in [-0.3, -0.25) is 0 Å². The van der Waals surface area contributed by atoms with Crippen molar-refractivity contribution in [3.8, 4) is 0 Å². The van der Waals surface area contributed by atoms with E-state index >= 15 is 0 Å². The Morgan fingerprint density at radius 3 is 2.22 bits per heavy atom. The van der Waals surface area contributed by atoms with Gasteiger partial charge in [-0.25, -0.2) is 8.42 Å². The van der Waals surface area contributed by atoms with Gasteiger partial charge in [-0.05, 0) is 25.7 Å². The molecule has 1 heterocycles. The lowest BCUT2D eigenvalue weighted by Gasteiger charge is -2.27. The van der Waals surface area contributed by atoms with E-state index in [9.17, 15) is 13.5 Å². The van der Waals surface area contributed by atoms with E-state index in [0.29, 0.717) is 12.0 Å². The second-order valence-corrected chi connectivity index (χ2v) is 8.11. The van der Waals surface area contributed by atoms with Crippen LogP contribution in [0.5, 0.6) is 0 Å². The summed E-state index contributed by atoms with van der Waals surface area (Å²) in [6.07, 6.45) is 6.92. The molecule has 0 amide bonds. The number of hydrogen-bond donors (Lipinski definition) is 2. The molecule has 2 N–H and O–H groups in total. The first-order valence-corrected chi connectivity index (χ1v) is 8.94. The van der Waals surface area contributed by atoms with E-state index < -0.39 is 15.9 Å². The van der Waals surface area contributed by atoms with Crippen LogP contribution in [0, 0.1) is 5.92 Å². The van der Waals surface area contributed by atoms with Gasteiger partial charge in [0.15, 0.2) is 9.84 Å². The van der Waals surface area contributed by atoms with Crippen LogP contribution < -0.4 is 5.32 Å². The molecule has 0 radical (unpaired) electrons. The quantitative estimate of drug-likeness (QED) is 0.757. The molecular weight excluding hydrogens is 250 g/mol. The van der Waals surface area contributed by atoms with E-state index in [1.165, 1.54) is 38.5 Å². The molecule has 0 spiro atoms. The molecule has 18 heavy (non-hydrogen) atoms. The standard InChI is InChI=1S/C13H25NO3S/c1-10(11-6-4-2-3-5-7-11)14-12-8-18(16,17)9-13(12)15/h10-15H,2-9H2,1H3/t10-,12?,13?/m0/s1. The minimum Gasteiger partial charge on any atom is -0.390 e. The van der Waals surface area contributed by atoms with E-state index in [4.69, 9.17) is 0 Å². The summed E-state index contributed by atoms with van der Waals surface area (Å²) in [5.41, 5.74) is 0. The fourth-order valence-corrected chi connectivity index (χ4v) is 5.03. The van der Waals surface area contributed by atoms with Crippen LogP contribution >= 0.6 is 0 Å². The van der Waals surface area contributed by atoms with Crippen molar-refractivity contribution in [3.05, 3.63) is 0 Å². The fourth-order valence-electron chi connectivity index (χ4n) is 3.27. The summed E-state index contributed by atoms with van der Waals surface area (Å²) < 4.78 is 22.9. The van der Waals surface area contributed by atoms with Gasteiger partial charge >= 0.3 is 0 Å². The van der Waals surface area contributed by atoms with Crippen LogP contribution in [-0.2, 0) is 9.84 Å². The van der Waals surface area contributed by atoms with Crippen LogP contribution in [0.4, 0.5) is 0 Å². The molecule has 3 atom stereocenters. The van der Waals surface area contributed by atoms with Crippen molar-refractivity contribution in [2.24, 2.45) is 5.92 Å². The highest BCUT2D eigenvalue weighted by Gasteiger charge is 2.37. The average Bonchev–Trinajstić information content (AvgIpc) is 2.50. The van der Waals surface area contributed by atoms with Crippen molar-refractivity contribution in [2.75, 3.05) is 11.5 Å². The number of hydrogen-bond acceptors (Lipinski definition) is 4. The highest BCUT2D eigenvalue weighted by molar-refractivity contribution is 7.91. The topological polar surface area (TPSA) is 66.4 Å². The zero-order valence-corrected chi connectivity index (χ0v) is 12.0. The van der Waals surface area contributed by atoms with Gasteiger partial charge in [-0.15, -0.1) is 0 Å². The van der Waals surface area contributed by atoms with E-state index in [2.05, 4.69) is 12.2 Å². The maximum absolute atomic E-state index is 11.5. The SMILES string of the molecule is C[C@H](NC1CS(=O)(=O)CC1O)C1CCCCCC1. The van der Waals surface area contributed by atoms with Crippen molar-refractivity contribution in [3.63, 3.8) is 0 Å². The molecule has 106 valence electrons. The molecule has 2 fully saturated rings. The summed E-state index contributed by atoms with van der Waals surface area (Å²) >= 11 is 0. The lowest BCUT2D eigenvalue weighted by molar-refractivity contribution is 0.151. The molecule has 0 aromatic heterocycles. The predicted molar refractivity (Wildman–Crippen MR) is 72.2 cm³/mol. The first kappa shape index (κ1) is 14.3. The van der Waals surface area contributed by atoms with Gasteiger partial charge in [0.05, 0.1) is 17.6 Å². The molecule has 2 rings (SSSR count). The van der Waals surface area contributed by atoms with Gasteiger partial charge in [-0.2, -0.15) is 0 Å². The molecule has 2 aliphatic rings. The van der Waals surface area contributed by atoms with Crippen LogP contribution in [0.3, 0.4) is 0 Å². The zero-order valence-electron chi connectivity index (χ0n) is 11.1. The second-order valence-electron chi connectivity index (χ2n) is 5.96. The van der Waals surface area contributed by atoms with Gasteiger partial charge in [0.1, 0.15) is 0 Å². The Hall–Kier alpha value is -0.130. The summed E-state index contributed by atoms with van der Waals surface area (Å²) in [6.45, 7) is 2.13. The van der Waals surface area contributed by atoms with E-state index in [-0.39, 0.29) is 17.5 Å². The first-order chi connectivity index (χ1) is 8.48. The number of sulfone groups is 1. The van der Waals surface area contributed by atoms with Gasteiger partial charge in [0.25, 0.3) is 0 Å². The highest BCUT2D eigenvalue weighted by Crippen LogP contribution is 2.26. The number of nitrogens with one attached hydrogen (secondary N) is 1. The van der Waals surface area contributed by atoms with Gasteiger partial charge in [-0.1, -0.05) is 25.7 Å². The van der Waals surface area contributed by atoms with Crippen LogP contribution in [0.15, 0.2) is 0 Å². The third-order valence-corrected chi connectivity index (χ3v) is 6.12. The van der Waals surface area contributed by atoms with Crippen LogP contribution in [0.2, 0.25) is 0 Å². The predicted octanol–water partition coefficient (Wildman–Crippen LogP) is 1.09. The summed E-state index contributed by atoms with van der Waals surface area (Å²) in [5, 5.41) is 13.1. The maximum atomic E-state index is 11.5. The minimum atomic E-state index is -3.04. The summed E-state index contributed by atoms with van der Waals surface area (Å²) in [5.74, 6) is 0.635. The largest absolute Gasteiger partial charge is 0.390 e. The molecule has 4 nitrogen and oxygen atoms in total. The Kier molecular flexibility index (Phi) is 4.67. The molecule has 1 saturated heterocycles. The number of rotatable bonds is 3. The Bertz CT molecular complexity index is 360. The second kappa shape index (κ2) is 5.88. The number of aliphatic hydroxyl groups is 1. The molecule has 5 heteroatoms. The van der Waals surface area contributed by atoms with Gasteiger partial charge in [0, 0.05) is 12.1 Å². The van der Waals surface area contributed by atoms with Crippen molar-refractivity contribution >= 4 is 9.84 Å². The van der Waals surface area contributed by atoms with Crippen molar-refractivity contribution < 1.29 is 13.5 Å². The smallest absolute Gasteiger partial charge is 0.154 e. The number of aliphatic hydroxyl groups excluding tert-OH is 1. The molecule has 0 aromatic carbocycles. The molecule has 0 aromatic rings. The van der Waals surface area contributed by atoms with Crippen LogP contribution in [0.25, 0.3) is 0 Å². The summed E-state index contributed by atoms with van der Waals surface area (Å²) in [6, 6.07) is 0.0318. The zero-order chi connectivity index (χ0) is 13.2. The fraction of sp³-hybridized carbons (Fsp3) is 1.00. The Morgan fingerprint density at radius 2 is 1.72 bits per heavy atom. The van der Waals surface area contributed by atoms with Crippen LogP contribution in [-0.4, -0.2) is 43.2 Å². The molecule has 2 unspecified atom stereocenters. The van der Waals surface area contributed by atoms with E-state index in [1.54, 1.807) is 0 Å². The average molecular weight is 275 g/mol. The monoisotopic (exact) mass is 275 g/mol. The summed E-state index contributed by atoms with van der Waals surface area (Å²) in [4.78, 5) is 0. The first-order valence-electron chi connectivity index (χ1n) is 7.12. The van der Waals surface area contributed by atoms with Crippen molar-refractivity contribution in [2.45, 2.75) is 63.6 Å². The third kappa shape index (κ3) is 3.68. The highest BCUT2D eigenvalue weighted by atomic mass is 32.2. The van der Waals surface area contributed by atoms with E-state index in [1.807, 2.05) is 0 Å². The third-order valence-electron chi connectivity index (χ3n) is 4.41. The lowest BCUT2D eigenvalue weighted by atomic mass is 9.92. The molecule has 1 aliphatic heterocycles. The maximum Gasteiger partial charge on any atom is 0.154 e. The molecule has 1 saturated carbocycles. The molecule has 0 bridgehead atoms. The minimum absolute atomic E-state index is 0.0813. The molecule has 1 aliphatic carbocycles. The summed E-state index contributed by atoms with van der Waals surface area (Å²) in [7, 11) is -3.04. The Labute approximate surface area is 110 Å². The van der Waals surface area contributed by atoms with Gasteiger partial charge < -0.3 is 10.4 Å². The van der Waals surface area contributed by atoms with Gasteiger partial charge in [0.2, 0.25) is 0 Å². The lowest BCUT2D eigenvalue weighted by Crippen LogP contribution is -2.46. The van der Waals surface area contributed by atoms with Crippen molar-refractivity contribution in [1.82, 2.24) is 5.32 Å².